The molecular weight excluding hydrogens is 451 g/mol. The highest BCUT2D eigenvalue weighted by Crippen LogP contribution is 2.43. The second-order valence-corrected chi connectivity index (χ2v) is 9.94. The molecule has 3 aromatic carbocycles. The van der Waals surface area contributed by atoms with E-state index in [2.05, 4.69) is 0 Å². The summed E-state index contributed by atoms with van der Waals surface area (Å²) in [5.41, 5.74) is 1.68. The van der Waals surface area contributed by atoms with Crippen LogP contribution in [-0.4, -0.2) is 26.9 Å². The zero-order valence-corrected chi connectivity index (χ0v) is 18.7. The van der Waals surface area contributed by atoms with E-state index in [0.29, 0.717) is 0 Å². The fourth-order valence-electron chi connectivity index (χ4n) is 4.23. The third kappa shape index (κ3) is 4.66. The van der Waals surface area contributed by atoms with Crippen LogP contribution in [0.1, 0.15) is 45.8 Å². The number of rotatable bonds is 3. The summed E-state index contributed by atoms with van der Waals surface area (Å²) >= 11 is 0. The summed E-state index contributed by atoms with van der Waals surface area (Å²) in [5.74, 6) is -1.62. The minimum Gasteiger partial charge on any atom is -0.294 e. The Labute approximate surface area is 190 Å². The number of aryl methyl sites for hydroxylation is 1. The Hall–Kier alpha value is -3.13. The van der Waals surface area contributed by atoms with Crippen molar-refractivity contribution in [2.24, 2.45) is 0 Å². The number of para-hydroxylation sites is 1. The van der Waals surface area contributed by atoms with Gasteiger partial charge in [0.05, 0.1) is 17.0 Å². The van der Waals surface area contributed by atoms with E-state index >= 15 is 0 Å². The van der Waals surface area contributed by atoms with E-state index in [1.807, 2.05) is 6.92 Å². The van der Waals surface area contributed by atoms with Gasteiger partial charge in [-0.05, 0) is 36.2 Å². The van der Waals surface area contributed by atoms with E-state index in [-0.39, 0.29) is 40.2 Å². The Morgan fingerprint density at radius 2 is 1.52 bits per heavy atom. The van der Waals surface area contributed by atoms with Crippen molar-refractivity contribution >= 4 is 21.5 Å². The lowest BCUT2D eigenvalue weighted by atomic mass is 9.84. The van der Waals surface area contributed by atoms with E-state index < -0.39 is 34.3 Å². The van der Waals surface area contributed by atoms with Gasteiger partial charge < -0.3 is 0 Å². The van der Waals surface area contributed by atoms with E-state index in [1.165, 1.54) is 36.4 Å². The van der Waals surface area contributed by atoms with Gasteiger partial charge in [-0.15, -0.1) is 0 Å². The highest BCUT2D eigenvalue weighted by Gasteiger charge is 2.38. The molecule has 0 aromatic heterocycles. The molecule has 172 valence electrons. The minimum atomic E-state index is -4.53. The van der Waals surface area contributed by atoms with Gasteiger partial charge in [0, 0.05) is 24.4 Å². The van der Waals surface area contributed by atoms with Crippen LogP contribution in [0.4, 0.5) is 18.9 Å². The monoisotopic (exact) mass is 473 g/mol. The molecule has 8 heteroatoms. The van der Waals surface area contributed by atoms with Crippen molar-refractivity contribution in [2.75, 3.05) is 10.8 Å². The molecule has 1 aliphatic rings. The predicted octanol–water partition coefficient (Wildman–Crippen LogP) is 5.86. The molecule has 0 spiro atoms. The zero-order valence-electron chi connectivity index (χ0n) is 17.8. The summed E-state index contributed by atoms with van der Waals surface area (Å²) in [6, 6.07) is 18.6. The average molecular weight is 474 g/mol. The number of hydrogen-bond donors (Lipinski definition) is 0. The van der Waals surface area contributed by atoms with Gasteiger partial charge in [0.2, 0.25) is 0 Å². The molecule has 1 heterocycles. The molecule has 1 aliphatic heterocycles. The van der Waals surface area contributed by atoms with Crippen LogP contribution >= 0.6 is 0 Å². The molecule has 0 N–H and O–H groups in total. The maximum absolute atomic E-state index is 13.7. The predicted molar refractivity (Wildman–Crippen MR) is 120 cm³/mol. The van der Waals surface area contributed by atoms with Crippen LogP contribution in [0.5, 0.6) is 0 Å². The second-order valence-electron chi connectivity index (χ2n) is 8.08. The van der Waals surface area contributed by atoms with Crippen molar-refractivity contribution in [3.05, 3.63) is 95.1 Å². The lowest BCUT2D eigenvalue weighted by Crippen LogP contribution is -2.33. The van der Waals surface area contributed by atoms with E-state index in [0.717, 1.165) is 9.87 Å². The number of hydrogen-bond acceptors (Lipinski definition) is 3. The molecule has 0 radical (unpaired) electrons. The molecule has 0 saturated heterocycles. The molecule has 0 saturated carbocycles. The van der Waals surface area contributed by atoms with E-state index in [4.69, 9.17) is 0 Å². The highest BCUT2D eigenvalue weighted by molar-refractivity contribution is 7.92. The van der Waals surface area contributed by atoms with Crippen molar-refractivity contribution < 1.29 is 26.4 Å². The van der Waals surface area contributed by atoms with E-state index in [9.17, 15) is 26.4 Å². The number of nitrogens with zero attached hydrogens (tertiary/aromatic N) is 1. The normalized spacial score (nSPS) is 16.9. The summed E-state index contributed by atoms with van der Waals surface area (Å²) in [7, 11) is -4.13. The first-order valence-electron chi connectivity index (χ1n) is 10.4. The van der Waals surface area contributed by atoms with Gasteiger partial charge >= 0.3 is 6.18 Å². The van der Waals surface area contributed by atoms with Gasteiger partial charge in [0.1, 0.15) is 0 Å². The largest absolute Gasteiger partial charge is 0.390 e. The van der Waals surface area contributed by atoms with Gasteiger partial charge in [0.25, 0.3) is 10.0 Å². The maximum Gasteiger partial charge on any atom is 0.390 e. The quantitative estimate of drug-likeness (QED) is 0.479. The average Bonchev–Trinajstić information content (AvgIpc) is 2.81. The van der Waals surface area contributed by atoms with Crippen molar-refractivity contribution in [1.82, 2.24) is 0 Å². The number of benzene rings is 3. The van der Waals surface area contributed by atoms with Gasteiger partial charge in [-0.1, -0.05) is 60.2 Å². The molecule has 0 amide bonds. The van der Waals surface area contributed by atoms with Gasteiger partial charge in [0.15, 0.2) is 5.78 Å². The van der Waals surface area contributed by atoms with Crippen LogP contribution in [0.25, 0.3) is 0 Å². The number of alkyl halides is 3. The molecule has 1 unspecified atom stereocenters. The van der Waals surface area contributed by atoms with Crippen LogP contribution in [-0.2, 0) is 10.0 Å². The van der Waals surface area contributed by atoms with Crippen molar-refractivity contribution in [3.63, 3.8) is 0 Å². The number of anilines is 1. The number of fused-ring (bicyclic) bond motifs is 2. The topological polar surface area (TPSA) is 54.5 Å². The molecule has 0 fully saturated rings. The van der Waals surface area contributed by atoms with Crippen LogP contribution in [0.3, 0.4) is 0 Å². The summed E-state index contributed by atoms with van der Waals surface area (Å²) in [4.78, 5) is 13.0. The third-order valence-corrected chi connectivity index (χ3v) is 7.63. The molecule has 3 aromatic rings. The highest BCUT2D eigenvalue weighted by atomic mass is 32.2. The Morgan fingerprint density at radius 1 is 0.909 bits per heavy atom. The number of carbonyl (C=O) groups is 1. The summed E-state index contributed by atoms with van der Waals surface area (Å²) in [6.07, 6.45) is -5.90. The SMILES string of the molecule is Cc1ccc(S(=O)(=O)N2CCC(=O)c3ccccc3C(CC(F)(F)F)c3ccccc32)cc1. The second kappa shape index (κ2) is 8.67. The zero-order chi connectivity index (χ0) is 23.8. The molecule has 0 bridgehead atoms. The smallest absolute Gasteiger partial charge is 0.294 e. The Balaban J connectivity index is 1.95. The molecule has 4 rings (SSSR count). The molecular formula is C25H22F3NO3S. The van der Waals surface area contributed by atoms with Crippen molar-refractivity contribution in [3.8, 4) is 0 Å². The fourth-order valence-corrected chi connectivity index (χ4v) is 5.72. The summed E-state index contributed by atoms with van der Waals surface area (Å²) in [5, 5.41) is 0. The van der Waals surface area contributed by atoms with Gasteiger partial charge in [-0.25, -0.2) is 8.42 Å². The summed E-state index contributed by atoms with van der Waals surface area (Å²) in [6.45, 7) is 1.64. The number of carbonyl (C=O) groups excluding carboxylic acids is 1. The standard InChI is InChI=1S/C25H22F3NO3S/c1-17-10-12-18(13-11-17)33(31,32)29-15-14-24(30)21-8-3-2-6-19(21)22(16-25(26,27)28)20-7-4-5-9-23(20)29/h2-13,22H,14-16H2,1H3. The Bertz CT molecular complexity index is 1280. The van der Waals surface area contributed by atoms with Crippen molar-refractivity contribution in [1.29, 1.82) is 0 Å². The van der Waals surface area contributed by atoms with Crippen LogP contribution < -0.4 is 4.31 Å². The minimum absolute atomic E-state index is 0.0134. The molecule has 33 heavy (non-hydrogen) atoms. The van der Waals surface area contributed by atoms with Gasteiger partial charge in [-0.2, -0.15) is 13.2 Å². The van der Waals surface area contributed by atoms with E-state index in [1.54, 1.807) is 36.4 Å². The Morgan fingerprint density at radius 3 is 2.18 bits per heavy atom. The van der Waals surface area contributed by atoms with Crippen LogP contribution in [0, 0.1) is 6.92 Å². The van der Waals surface area contributed by atoms with Crippen molar-refractivity contribution in [2.45, 2.75) is 36.8 Å². The number of sulfonamides is 1. The van der Waals surface area contributed by atoms with Crippen LogP contribution in [0.15, 0.2) is 77.7 Å². The lowest BCUT2D eigenvalue weighted by molar-refractivity contribution is -0.136. The third-order valence-electron chi connectivity index (χ3n) is 5.80. The summed E-state index contributed by atoms with van der Waals surface area (Å²) < 4.78 is 69.3. The number of halogens is 3. The number of Topliss-reactive ketones (excluding diaryl/α,β-unsaturated/α-hetero) is 1. The lowest BCUT2D eigenvalue weighted by Gasteiger charge is -2.29. The Kier molecular flexibility index (Phi) is 6.05. The van der Waals surface area contributed by atoms with Crippen LogP contribution in [0.2, 0.25) is 0 Å². The number of ketones is 1. The first kappa shape index (κ1) is 23.0. The fraction of sp³-hybridized carbons (Fsp3) is 0.240. The molecule has 4 nitrogen and oxygen atoms in total. The van der Waals surface area contributed by atoms with Gasteiger partial charge in [-0.3, -0.25) is 9.10 Å². The molecule has 0 aliphatic carbocycles. The molecule has 1 atom stereocenters. The first-order valence-corrected chi connectivity index (χ1v) is 11.9. The first-order chi connectivity index (χ1) is 15.6. The maximum atomic E-state index is 13.7.